The van der Waals surface area contributed by atoms with E-state index in [1.807, 2.05) is 30.3 Å². The van der Waals surface area contributed by atoms with Gasteiger partial charge in [0.25, 0.3) is 0 Å². The summed E-state index contributed by atoms with van der Waals surface area (Å²) in [5.74, 6) is 1.35. The topological polar surface area (TPSA) is 26.3 Å². The van der Waals surface area contributed by atoms with Crippen molar-refractivity contribution in [3.05, 3.63) is 35.9 Å². The molecule has 0 N–H and O–H groups in total. The van der Waals surface area contributed by atoms with Gasteiger partial charge in [-0.25, -0.2) is 4.79 Å². The van der Waals surface area contributed by atoms with Crippen LogP contribution < -0.4 is 0 Å². The first-order chi connectivity index (χ1) is 12.6. The normalized spacial score (nSPS) is 13.6. The Morgan fingerprint density at radius 2 is 1.38 bits per heavy atom. The summed E-state index contributed by atoms with van der Waals surface area (Å²) in [5.41, 5.74) is 0.665. The van der Waals surface area contributed by atoms with Crippen molar-refractivity contribution in [3.63, 3.8) is 0 Å². The molecule has 0 heterocycles. The van der Waals surface area contributed by atoms with Crippen molar-refractivity contribution < 1.29 is 9.53 Å². The molecule has 0 aliphatic carbocycles. The molecule has 0 fully saturated rings. The minimum Gasteiger partial charge on any atom is -0.459 e. The van der Waals surface area contributed by atoms with Crippen LogP contribution in [0.25, 0.3) is 0 Å². The fourth-order valence-corrected chi connectivity index (χ4v) is 3.64. The Hall–Kier alpha value is -1.31. The average molecular weight is 361 g/mol. The lowest BCUT2D eigenvalue weighted by Crippen LogP contribution is -2.20. The first kappa shape index (κ1) is 22.7. The largest absolute Gasteiger partial charge is 0.459 e. The Morgan fingerprint density at radius 1 is 0.808 bits per heavy atom. The van der Waals surface area contributed by atoms with Gasteiger partial charge in [-0.05, 0) is 49.7 Å². The van der Waals surface area contributed by atoms with Crippen molar-refractivity contribution in [1.29, 1.82) is 0 Å². The van der Waals surface area contributed by atoms with Crippen LogP contribution in [0.1, 0.15) is 102 Å². The minimum absolute atomic E-state index is 0.0546. The summed E-state index contributed by atoms with van der Waals surface area (Å²) in [7, 11) is 0. The third kappa shape index (κ3) is 8.87. The number of esters is 1. The second-order valence-electron chi connectivity index (χ2n) is 7.65. The van der Waals surface area contributed by atoms with E-state index >= 15 is 0 Å². The summed E-state index contributed by atoms with van der Waals surface area (Å²) < 4.78 is 5.94. The zero-order chi connectivity index (χ0) is 19.2. The van der Waals surface area contributed by atoms with Gasteiger partial charge in [-0.1, -0.05) is 84.4 Å². The molecular weight excluding hydrogens is 320 g/mol. The molecule has 2 atom stereocenters. The molecule has 1 rings (SSSR count). The second kappa shape index (κ2) is 13.8. The highest BCUT2D eigenvalue weighted by Gasteiger charge is 2.19. The molecule has 0 aliphatic rings. The summed E-state index contributed by atoms with van der Waals surface area (Å²) in [6.45, 7) is 9.07. The van der Waals surface area contributed by atoms with E-state index in [0.717, 1.165) is 31.1 Å². The summed E-state index contributed by atoms with van der Waals surface area (Å²) in [5, 5.41) is 0. The summed E-state index contributed by atoms with van der Waals surface area (Å²) in [6.07, 6.45) is 11.9. The van der Waals surface area contributed by atoms with Gasteiger partial charge in [0.1, 0.15) is 6.10 Å². The maximum Gasteiger partial charge on any atom is 0.338 e. The molecule has 0 amide bonds. The summed E-state index contributed by atoms with van der Waals surface area (Å²) in [4.78, 5) is 12.5. The quantitative estimate of drug-likeness (QED) is 0.322. The lowest BCUT2D eigenvalue weighted by molar-refractivity contribution is 0.0227. The van der Waals surface area contributed by atoms with Crippen LogP contribution in [0.2, 0.25) is 0 Å². The van der Waals surface area contributed by atoms with Crippen LogP contribution in [-0.4, -0.2) is 12.1 Å². The van der Waals surface area contributed by atoms with Gasteiger partial charge in [0, 0.05) is 0 Å². The SMILES string of the molecule is CCCCC(CC)CCC(CCC(CC)CC)OC(=O)c1ccccc1. The lowest BCUT2D eigenvalue weighted by atomic mass is 9.90. The number of carbonyl (C=O) groups is 1. The molecule has 2 heteroatoms. The molecule has 26 heavy (non-hydrogen) atoms. The van der Waals surface area contributed by atoms with Crippen molar-refractivity contribution in [2.24, 2.45) is 11.8 Å². The average Bonchev–Trinajstić information content (AvgIpc) is 2.69. The van der Waals surface area contributed by atoms with E-state index in [2.05, 4.69) is 27.7 Å². The van der Waals surface area contributed by atoms with Crippen LogP contribution in [0.4, 0.5) is 0 Å². The number of hydrogen-bond donors (Lipinski definition) is 0. The smallest absolute Gasteiger partial charge is 0.338 e. The molecule has 2 unspecified atom stereocenters. The van der Waals surface area contributed by atoms with E-state index in [1.165, 1.54) is 44.9 Å². The van der Waals surface area contributed by atoms with Crippen LogP contribution >= 0.6 is 0 Å². The predicted octanol–water partition coefficient (Wildman–Crippen LogP) is 7.43. The third-order valence-electron chi connectivity index (χ3n) is 5.77. The maximum atomic E-state index is 12.5. The third-order valence-corrected chi connectivity index (χ3v) is 5.77. The van der Waals surface area contributed by atoms with Crippen LogP contribution in [0.15, 0.2) is 30.3 Å². The Kier molecular flexibility index (Phi) is 12.1. The van der Waals surface area contributed by atoms with Crippen molar-refractivity contribution >= 4 is 5.97 Å². The Balaban J connectivity index is 2.63. The highest BCUT2D eigenvalue weighted by Crippen LogP contribution is 2.25. The van der Waals surface area contributed by atoms with Gasteiger partial charge in [0.15, 0.2) is 0 Å². The Bertz CT molecular complexity index is 464. The number of rotatable bonds is 14. The van der Waals surface area contributed by atoms with E-state index in [-0.39, 0.29) is 12.1 Å². The molecule has 0 bridgehead atoms. The van der Waals surface area contributed by atoms with Crippen LogP contribution in [0, 0.1) is 11.8 Å². The molecule has 0 saturated carbocycles. The van der Waals surface area contributed by atoms with E-state index in [0.29, 0.717) is 5.56 Å². The van der Waals surface area contributed by atoms with Crippen LogP contribution in [-0.2, 0) is 4.74 Å². The van der Waals surface area contributed by atoms with E-state index in [9.17, 15) is 4.79 Å². The minimum atomic E-state index is -0.165. The summed E-state index contributed by atoms with van der Waals surface area (Å²) in [6, 6.07) is 9.41. The second-order valence-corrected chi connectivity index (χ2v) is 7.65. The molecule has 0 saturated heterocycles. The number of benzene rings is 1. The molecule has 148 valence electrons. The van der Waals surface area contributed by atoms with Gasteiger partial charge in [-0.15, -0.1) is 0 Å². The van der Waals surface area contributed by atoms with E-state index < -0.39 is 0 Å². The van der Waals surface area contributed by atoms with Crippen molar-refractivity contribution in [2.75, 3.05) is 0 Å². The molecule has 1 aromatic rings. The molecule has 0 spiro atoms. The number of carbonyl (C=O) groups excluding carboxylic acids is 1. The first-order valence-electron chi connectivity index (χ1n) is 10.9. The van der Waals surface area contributed by atoms with E-state index in [4.69, 9.17) is 4.74 Å². The Labute approximate surface area is 161 Å². The van der Waals surface area contributed by atoms with Gasteiger partial charge >= 0.3 is 5.97 Å². The van der Waals surface area contributed by atoms with Crippen molar-refractivity contribution in [3.8, 4) is 0 Å². The molecule has 2 nitrogen and oxygen atoms in total. The van der Waals surface area contributed by atoms with Crippen LogP contribution in [0.5, 0.6) is 0 Å². The molecule has 0 radical (unpaired) electrons. The zero-order valence-electron chi connectivity index (χ0n) is 17.5. The molecule has 0 aromatic heterocycles. The highest BCUT2D eigenvalue weighted by molar-refractivity contribution is 5.89. The number of ether oxygens (including phenoxy) is 1. The van der Waals surface area contributed by atoms with Crippen molar-refractivity contribution in [1.82, 2.24) is 0 Å². The lowest BCUT2D eigenvalue weighted by Gasteiger charge is -2.23. The van der Waals surface area contributed by atoms with Gasteiger partial charge in [-0.3, -0.25) is 0 Å². The van der Waals surface area contributed by atoms with Crippen LogP contribution in [0.3, 0.4) is 0 Å². The molecule has 0 aliphatic heterocycles. The number of hydrogen-bond acceptors (Lipinski definition) is 2. The highest BCUT2D eigenvalue weighted by atomic mass is 16.5. The van der Waals surface area contributed by atoms with E-state index in [1.54, 1.807) is 0 Å². The first-order valence-corrected chi connectivity index (χ1v) is 10.9. The monoisotopic (exact) mass is 360 g/mol. The standard InChI is InChI=1S/C24H40O2/c1-5-9-13-21(8-4)17-19-23(18-16-20(6-2)7-3)26-24(25)22-14-11-10-12-15-22/h10-12,14-15,20-21,23H,5-9,13,16-19H2,1-4H3. The van der Waals surface area contributed by atoms with Gasteiger partial charge in [-0.2, -0.15) is 0 Å². The fourth-order valence-electron chi connectivity index (χ4n) is 3.64. The van der Waals surface area contributed by atoms with Gasteiger partial charge in [0.05, 0.1) is 5.56 Å². The number of unbranched alkanes of at least 4 members (excludes halogenated alkanes) is 1. The molecule has 1 aromatic carbocycles. The fraction of sp³-hybridized carbons (Fsp3) is 0.708. The van der Waals surface area contributed by atoms with Crippen molar-refractivity contribution in [2.45, 2.75) is 98.0 Å². The zero-order valence-corrected chi connectivity index (χ0v) is 17.5. The summed E-state index contributed by atoms with van der Waals surface area (Å²) >= 11 is 0. The predicted molar refractivity (Wildman–Crippen MR) is 111 cm³/mol. The van der Waals surface area contributed by atoms with Gasteiger partial charge in [0.2, 0.25) is 0 Å². The molecular formula is C24H40O2. The van der Waals surface area contributed by atoms with Gasteiger partial charge < -0.3 is 4.74 Å². The maximum absolute atomic E-state index is 12.5. The Morgan fingerprint density at radius 3 is 1.92 bits per heavy atom.